The number of halogens is 1. The number of aliphatic hydroxyl groups is 3. The normalized spacial score (nSPS) is 15.1. The highest BCUT2D eigenvalue weighted by Crippen LogP contribution is 2.23. The van der Waals surface area contributed by atoms with Gasteiger partial charge in [0.2, 0.25) is 0 Å². The smallest absolute Gasteiger partial charge is 0.125 e. The van der Waals surface area contributed by atoms with Gasteiger partial charge in [-0.15, -0.1) is 0 Å². The molecule has 0 fully saturated rings. The van der Waals surface area contributed by atoms with E-state index in [4.69, 9.17) is 15.9 Å². The van der Waals surface area contributed by atoms with Crippen molar-refractivity contribution in [1.29, 1.82) is 0 Å². The summed E-state index contributed by atoms with van der Waals surface area (Å²) in [6.07, 6.45) is -2.62. The average molecular weight is 201 g/mol. The first-order chi connectivity index (χ1) is 6.56. The second-order valence-electron chi connectivity index (χ2n) is 2.97. The molecule has 0 aliphatic carbocycles. The third-order valence-electron chi connectivity index (χ3n) is 1.92. The maximum atomic E-state index is 12.6. The zero-order valence-electron chi connectivity index (χ0n) is 7.39. The van der Waals surface area contributed by atoms with Gasteiger partial charge in [0, 0.05) is 11.3 Å². The summed E-state index contributed by atoms with van der Waals surface area (Å²) in [7, 11) is 0. The van der Waals surface area contributed by atoms with E-state index in [1.807, 2.05) is 0 Å². The van der Waals surface area contributed by atoms with Crippen LogP contribution in [-0.4, -0.2) is 28.0 Å². The van der Waals surface area contributed by atoms with E-state index in [9.17, 15) is 9.50 Å². The van der Waals surface area contributed by atoms with E-state index in [1.165, 1.54) is 6.07 Å². The Balaban J connectivity index is 2.95. The number of nitrogens with two attached hydrogens (primary N) is 1. The first kappa shape index (κ1) is 10.9. The average Bonchev–Trinajstić information content (AvgIpc) is 2.15. The van der Waals surface area contributed by atoms with Gasteiger partial charge in [-0.1, -0.05) is 6.07 Å². The van der Waals surface area contributed by atoms with Gasteiger partial charge in [-0.05, 0) is 12.1 Å². The molecule has 1 rings (SSSR count). The predicted molar refractivity (Wildman–Crippen MR) is 48.9 cm³/mol. The number of nitrogen functional groups attached to an aromatic ring is 1. The Hall–Kier alpha value is -1.17. The summed E-state index contributed by atoms with van der Waals surface area (Å²) in [5.74, 6) is -0.517. The molecule has 1 aromatic rings. The van der Waals surface area contributed by atoms with Gasteiger partial charge in [0.15, 0.2) is 0 Å². The maximum Gasteiger partial charge on any atom is 0.125 e. The van der Waals surface area contributed by atoms with Gasteiger partial charge < -0.3 is 21.1 Å². The van der Waals surface area contributed by atoms with Crippen LogP contribution in [0, 0.1) is 5.82 Å². The molecule has 0 aliphatic heterocycles. The summed E-state index contributed by atoms with van der Waals surface area (Å²) in [4.78, 5) is 0. The minimum atomic E-state index is -1.32. The van der Waals surface area contributed by atoms with Gasteiger partial charge in [0.25, 0.3) is 0 Å². The van der Waals surface area contributed by atoms with Crippen molar-refractivity contribution in [3.05, 3.63) is 29.6 Å². The molecule has 2 atom stereocenters. The van der Waals surface area contributed by atoms with Crippen LogP contribution in [0.4, 0.5) is 10.1 Å². The standard InChI is InChI=1S/C9H12FNO3/c10-5-1-2-6(7(11)3-5)9(14)8(13)4-12/h1-3,8-9,12-14H,4,11H2. The van der Waals surface area contributed by atoms with E-state index in [0.29, 0.717) is 0 Å². The van der Waals surface area contributed by atoms with Gasteiger partial charge in [0.1, 0.15) is 18.0 Å². The van der Waals surface area contributed by atoms with Crippen LogP contribution in [-0.2, 0) is 0 Å². The Morgan fingerprint density at radius 2 is 2.00 bits per heavy atom. The topological polar surface area (TPSA) is 86.7 Å². The van der Waals surface area contributed by atoms with Crippen molar-refractivity contribution >= 4 is 5.69 Å². The van der Waals surface area contributed by atoms with Crippen LogP contribution in [0.1, 0.15) is 11.7 Å². The molecular formula is C9H12FNO3. The van der Waals surface area contributed by atoms with Crippen molar-refractivity contribution in [2.45, 2.75) is 12.2 Å². The quantitative estimate of drug-likeness (QED) is 0.510. The van der Waals surface area contributed by atoms with Crippen molar-refractivity contribution in [2.24, 2.45) is 0 Å². The highest BCUT2D eigenvalue weighted by atomic mass is 19.1. The van der Waals surface area contributed by atoms with Crippen LogP contribution in [0.25, 0.3) is 0 Å². The van der Waals surface area contributed by atoms with Crippen LogP contribution >= 0.6 is 0 Å². The highest BCUT2D eigenvalue weighted by molar-refractivity contribution is 5.48. The van der Waals surface area contributed by atoms with E-state index < -0.39 is 24.6 Å². The molecule has 78 valence electrons. The second-order valence-corrected chi connectivity index (χ2v) is 2.97. The molecule has 0 aliphatic rings. The summed E-state index contributed by atoms with van der Waals surface area (Å²) in [6.45, 7) is -0.585. The van der Waals surface area contributed by atoms with Gasteiger partial charge >= 0.3 is 0 Å². The van der Waals surface area contributed by atoms with Gasteiger partial charge in [0.05, 0.1) is 6.61 Å². The molecule has 0 radical (unpaired) electrons. The van der Waals surface area contributed by atoms with Crippen LogP contribution < -0.4 is 5.73 Å². The summed E-state index contributed by atoms with van der Waals surface area (Å²) < 4.78 is 12.6. The number of rotatable bonds is 3. The fraction of sp³-hybridized carbons (Fsp3) is 0.333. The molecule has 0 spiro atoms. The maximum absolute atomic E-state index is 12.6. The Bertz CT molecular complexity index is 319. The lowest BCUT2D eigenvalue weighted by Gasteiger charge is -2.17. The zero-order chi connectivity index (χ0) is 10.7. The lowest BCUT2D eigenvalue weighted by Crippen LogP contribution is -2.22. The van der Waals surface area contributed by atoms with E-state index in [1.54, 1.807) is 0 Å². The molecule has 4 nitrogen and oxygen atoms in total. The Morgan fingerprint density at radius 1 is 1.36 bits per heavy atom. The SMILES string of the molecule is Nc1cc(F)ccc1C(O)C(O)CO. The molecule has 0 saturated carbocycles. The fourth-order valence-electron chi connectivity index (χ4n) is 1.12. The molecule has 0 saturated heterocycles. The minimum Gasteiger partial charge on any atom is -0.398 e. The third kappa shape index (κ3) is 2.20. The van der Waals surface area contributed by atoms with Crippen molar-refractivity contribution in [2.75, 3.05) is 12.3 Å². The monoisotopic (exact) mass is 201 g/mol. The number of hydrogen-bond acceptors (Lipinski definition) is 4. The van der Waals surface area contributed by atoms with E-state index in [-0.39, 0.29) is 11.3 Å². The van der Waals surface area contributed by atoms with Crippen molar-refractivity contribution in [3.63, 3.8) is 0 Å². The second kappa shape index (κ2) is 4.36. The first-order valence-electron chi connectivity index (χ1n) is 4.08. The van der Waals surface area contributed by atoms with Crippen molar-refractivity contribution in [1.82, 2.24) is 0 Å². The largest absolute Gasteiger partial charge is 0.398 e. The lowest BCUT2D eigenvalue weighted by atomic mass is 10.0. The number of aliphatic hydroxyl groups excluding tert-OH is 3. The highest BCUT2D eigenvalue weighted by Gasteiger charge is 2.19. The summed E-state index contributed by atoms with van der Waals surface area (Å²) in [5.41, 5.74) is 5.67. The fourth-order valence-corrected chi connectivity index (χ4v) is 1.12. The first-order valence-corrected chi connectivity index (χ1v) is 4.08. The zero-order valence-corrected chi connectivity index (χ0v) is 7.39. The van der Waals surface area contributed by atoms with Crippen molar-refractivity contribution in [3.8, 4) is 0 Å². The Morgan fingerprint density at radius 3 is 2.50 bits per heavy atom. The number of hydrogen-bond donors (Lipinski definition) is 4. The molecule has 14 heavy (non-hydrogen) atoms. The number of benzene rings is 1. The van der Waals surface area contributed by atoms with Crippen LogP contribution in [0.5, 0.6) is 0 Å². The molecule has 5 N–H and O–H groups in total. The van der Waals surface area contributed by atoms with Gasteiger partial charge in [-0.3, -0.25) is 0 Å². The van der Waals surface area contributed by atoms with E-state index in [0.717, 1.165) is 12.1 Å². The van der Waals surface area contributed by atoms with Gasteiger partial charge in [-0.25, -0.2) is 4.39 Å². The van der Waals surface area contributed by atoms with Crippen LogP contribution in [0.15, 0.2) is 18.2 Å². The van der Waals surface area contributed by atoms with Crippen LogP contribution in [0.2, 0.25) is 0 Å². The molecule has 0 bridgehead atoms. The summed E-state index contributed by atoms with van der Waals surface area (Å²) >= 11 is 0. The summed E-state index contributed by atoms with van der Waals surface area (Å²) in [5, 5.41) is 27.2. The number of anilines is 1. The predicted octanol–water partition coefficient (Wildman–Crippen LogP) is -0.205. The molecule has 5 heteroatoms. The molecule has 0 heterocycles. The van der Waals surface area contributed by atoms with E-state index in [2.05, 4.69) is 0 Å². The van der Waals surface area contributed by atoms with E-state index >= 15 is 0 Å². The summed E-state index contributed by atoms with van der Waals surface area (Å²) in [6, 6.07) is 3.44. The van der Waals surface area contributed by atoms with Crippen molar-refractivity contribution < 1.29 is 19.7 Å². The minimum absolute atomic E-state index is 0.0463. The molecule has 1 aromatic carbocycles. The Kier molecular flexibility index (Phi) is 3.40. The lowest BCUT2D eigenvalue weighted by molar-refractivity contribution is -0.0149. The Labute approximate surface area is 80.4 Å². The molecule has 0 aromatic heterocycles. The van der Waals surface area contributed by atoms with Crippen LogP contribution in [0.3, 0.4) is 0 Å². The molecule has 2 unspecified atom stereocenters. The van der Waals surface area contributed by atoms with Gasteiger partial charge in [-0.2, -0.15) is 0 Å². The molecular weight excluding hydrogens is 189 g/mol. The third-order valence-corrected chi connectivity index (χ3v) is 1.92. The molecule has 0 amide bonds.